The fourth-order valence-electron chi connectivity index (χ4n) is 1.42. The Labute approximate surface area is 102 Å². The maximum absolute atomic E-state index is 13.6. The summed E-state index contributed by atoms with van der Waals surface area (Å²) in [7, 11) is 3.53. The molecule has 5 heteroatoms. The molecule has 96 valence electrons. The van der Waals surface area contributed by atoms with Gasteiger partial charge in [-0.05, 0) is 13.6 Å². The van der Waals surface area contributed by atoms with Gasteiger partial charge in [-0.3, -0.25) is 0 Å². The quantitative estimate of drug-likeness (QED) is 0.745. The summed E-state index contributed by atoms with van der Waals surface area (Å²) in [6.07, 6.45) is 0. The van der Waals surface area contributed by atoms with Crippen molar-refractivity contribution in [1.82, 2.24) is 4.90 Å². The first kappa shape index (κ1) is 13.6. The Bertz CT molecular complexity index is 371. The van der Waals surface area contributed by atoms with E-state index in [1.807, 2.05) is 7.05 Å². The number of nitrogens with zero attached hydrogens (tertiary/aromatic N) is 1. The van der Waals surface area contributed by atoms with Crippen LogP contribution in [-0.2, 0) is 0 Å². The highest BCUT2D eigenvalue weighted by Crippen LogP contribution is 2.27. The third-order valence-electron chi connectivity index (χ3n) is 2.67. The largest absolute Gasteiger partial charge is 0.495 e. The third kappa shape index (κ3) is 3.78. The summed E-state index contributed by atoms with van der Waals surface area (Å²) in [5.74, 6) is 0.125. The molecule has 3 N–H and O–H groups in total. The van der Waals surface area contributed by atoms with Crippen molar-refractivity contribution in [3.05, 3.63) is 17.9 Å². The van der Waals surface area contributed by atoms with Gasteiger partial charge in [0, 0.05) is 25.2 Å². The molecule has 0 aromatic heterocycles. The van der Waals surface area contributed by atoms with Crippen molar-refractivity contribution < 1.29 is 9.13 Å². The predicted molar refractivity (Wildman–Crippen MR) is 69.0 cm³/mol. The Hall–Kier alpha value is -1.49. The average Bonchev–Trinajstić information content (AvgIpc) is 2.31. The number of benzene rings is 1. The van der Waals surface area contributed by atoms with Crippen LogP contribution in [0.5, 0.6) is 5.75 Å². The van der Waals surface area contributed by atoms with Crippen LogP contribution in [0.25, 0.3) is 0 Å². The molecule has 0 unspecified atom stereocenters. The third-order valence-corrected chi connectivity index (χ3v) is 2.67. The molecule has 0 radical (unpaired) electrons. The Morgan fingerprint density at radius 1 is 1.47 bits per heavy atom. The molecule has 0 saturated carbocycles. The normalized spacial score (nSPS) is 10.6. The van der Waals surface area contributed by atoms with E-state index in [0.717, 1.165) is 13.1 Å². The number of rotatable bonds is 6. The van der Waals surface area contributed by atoms with Crippen LogP contribution < -0.4 is 15.8 Å². The highest BCUT2D eigenvalue weighted by molar-refractivity contribution is 5.62. The first-order valence-corrected chi connectivity index (χ1v) is 5.64. The monoisotopic (exact) mass is 241 g/mol. The molecular formula is C12H20FN3O. The second-order valence-electron chi connectivity index (χ2n) is 3.90. The SMILES string of the molecule is CCN(C)CCNc1cc(OC)c(N)cc1F. The van der Waals surface area contributed by atoms with Gasteiger partial charge in [0.2, 0.25) is 0 Å². The highest BCUT2D eigenvalue weighted by atomic mass is 19.1. The molecule has 0 aliphatic heterocycles. The summed E-state index contributed by atoms with van der Waals surface area (Å²) >= 11 is 0. The van der Waals surface area contributed by atoms with Crippen molar-refractivity contribution in [1.29, 1.82) is 0 Å². The average molecular weight is 241 g/mol. The number of ether oxygens (including phenoxy) is 1. The van der Waals surface area contributed by atoms with Crippen molar-refractivity contribution in [2.24, 2.45) is 0 Å². The molecule has 0 aliphatic rings. The minimum Gasteiger partial charge on any atom is -0.495 e. The maximum Gasteiger partial charge on any atom is 0.148 e. The van der Waals surface area contributed by atoms with Gasteiger partial charge in [-0.1, -0.05) is 6.92 Å². The zero-order chi connectivity index (χ0) is 12.8. The number of nitrogen functional groups attached to an aromatic ring is 1. The Morgan fingerprint density at radius 3 is 2.76 bits per heavy atom. The second kappa shape index (κ2) is 6.30. The molecule has 0 bridgehead atoms. The van der Waals surface area contributed by atoms with Gasteiger partial charge in [0.15, 0.2) is 0 Å². The maximum atomic E-state index is 13.6. The molecule has 0 amide bonds. The fourth-order valence-corrected chi connectivity index (χ4v) is 1.42. The minimum absolute atomic E-state index is 0.307. The lowest BCUT2D eigenvalue weighted by Gasteiger charge is -2.15. The van der Waals surface area contributed by atoms with Gasteiger partial charge in [-0.25, -0.2) is 4.39 Å². The van der Waals surface area contributed by atoms with Crippen LogP contribution in [0.4, 0.5) is 15.8 Å². The number of methoxy groups -OCH3 is 1. The Kier molecular flexibility index (Phi) is 5.03. The van der Waals surface area contributed by atoms with E-state index in [9.17, 15) is 4.39 Å². The molecule has 4 nitrogen and oxygen atoms in total. The number of nitrogens with two attached hydrogens (primary N) is 1. The zero-order valence-corrected chi connectivity index (χ0v) is 10.6. The molecule has 0 heterocycles. The summed E-state index contributed by atoms with van der Waals surface area (Å²) in [5, 5.41) is 3.03. The number of anilines is 2. The number of nitrogens with one attached hydrogen (secondary N) is 1. The predicted octanol–water partition coefficient (Wildman–Crippen LogP) is 1.78. The van der Waals surface area contributed by atoms with E-state index in [1.165, 1.54) is 13.2 Å². The number of hydrogen-bond acceptors (Lipinski definition) is 4. The molecule has 1 rings (SSSR count). The van der Waals surface area contributed by atoms with Crippen LogP contribution in [0.1, 0.15) is 6.92 Å². The van der Waals surface area contributed by atoms with Crippen LogP contribution >= 0.6 is 0 Å². The van der Waals surface area contributed by atoms with E-state index in [0.29, 0.717) is 23.7 Å². The number of hydrogen-bond donors (Lipinski definition) is 2. The summed E-state index contributed by atoms with van der Waals surface area (Å²) in [4.78, 5) is 2.14. The summed E-state index contributed by atoms with van der Waals surface area (Å²) < 4.78 is 18.6. The molecule has 1 aromatic carbocycles. The highest BCUT2D eigenvalue weighted by Gasteiger charge is 2.07. The van der Waals surface area contributed by atoms with E-state index in [2.05, 4.69) is 17.1 Å². The lowest BCUT2D eigenvalue weighted by Crippen LogP contribution is -2.24. The van der Waals surface area contributed by atoms with Crippen LogP contribution in [0.15, 0.2) is 12.1 Å². The topological polar surface area (TPSA) is 50.5 Å². The van der Waals surface area contributed by atoms with Crippen molar-refractivity contribution in [2.45, 2.75) is 6.92 Å². The second-order valence-corrected chi connectivity index (χ2v) is 3.90. The van der Waals surface area contributed by atoms with Crippen molar-refractivity contribution in [3.8, 4) is 5.75 Å². The molecular weight excluding hydrogens is 221 g/mol. The van der Waals surface area contributed by atoms with E-state index in [1.54, 1.807) is 6.07 Å². The van der Waals surface area contributed by atoms with Crippen LogP contribution in [-0.4, -0.2) is 38.7 Å². The molecule has 17 heavy (non-hydrogen) atoms. The van der Waals surface area contributed by atoms with Crippen LogP contribution in [0.2, 0.25) is 0 Å². The molecule has 0 atom stereocenters. The van der Waals surface area contributed by atoms with Crippen LogP contribution in [0.3, 0.4) is 0 Å². The molecule has 0 aliphatic carbocycles. The van der Waals surface area contributed by atoms with Gasteiger partial charge in [-0.15, -0.1) is 0 Å². The summed E-state index contributed by atoms with van der Waals surface area (Å²) in [6.45, 7) is 4.57. The van der Waals surface area contributed by atoms with Gasteiger partial charge in [0.1, 0.15) is 11.6 Å². The molecule has 0 spiro atoms. The lowest BCUT2D eigenvalue weighted by molar-refractivity contribution is 0.367. The van der Waals surface area contributed by atoms with Gasteiger partial charge >= 0.3 is 0 Å². The smallest absolute Gasteiger partial charge is 0.148 e. The van der Waals surface area contributed by atoms with Gasteiger partial charge in [0.25, 0.3) is 0 Å². The Morgan fingerprint density at radius 2 is 2.18 bits per heavy atom. The fraction of sp³-hybridized carbons (Fsp3) is 0.500. The van der Waals surface area contributed by atoms with Gasteiger partial charge < -0.3 is 20.7 Å². The van der Waals surface area contributed by atoms with Gasteiger partial charge in [0.05, 0.1) is 18.5 Å². The summed E-state index contributed by atoms with van der Waals surface area (Å²) in [6, 6.07) is 2.85. The van der Waals surface area contributed by atoms with Crippen molar-refractivity contribution in [3.63, 3.8) is 0 Å². The van der Waals surface area contributed by atoms with E-state index < -0.39 is 0 Å². The molecule has 0 fully saturated rings. The zero-order valence-electron chi connectivity index (χ0n) is 10.6. The molecule has 1 aromatic rings. The molecule has 0 saturated heterocycles. The first-order chi connectivity index (χ1) is 8.08. The first-order valence-electron chi connectivity index (χ1n) is 5.64. The summed E-state index contributed by atoms with van der Waals surface area (Å²) in [5.41, 5.74) is 6.32. The van der Waals surface area contributed by atoms with Crippen molar-refractivity contribution >= 4 is 11.4 Å². The van der Waals surface area contributed by atoms with Gasteiger partial charge in [-0.2, -0.15) is 0 Å². The van der Waals surface area contributed by atoms with E-state index in [-0.39, 0.29) is 5.82 Å². The van der Waals surface area contributed by atoms with E-state index >= 15 is 0 Å². The number of likely N-dealkylation sites (N-methyl/N-ethyl adjacent to an activating group) is 1. The Balaban J connectivity index is 2.64. The lowest BCUT2D eigenvalue weighted by atomic mass is 10.2. The van der Waals surface area contributed by atoms with E-state index in [4.69, 9.17) is 10.5 Å². The number of halogens is 1. The minimum atomic E-state index is -0.359. The van der Waals surface area contributed by atoms with Crippen LogP contribution in [0, 0.1) is 5.82 Å². The standard InChI is InChI=1S/C12H20FN3O/c1-4-16(2)6-5-15-11-8-12(17-3)10(14)7-9(11)13/h7-8,15H,4-6,14H2,1-3H3. The van der Waals surface area contributed by atoms with Crippen molar-refractivity contribution in [2.75, 3.05) is 44.8 Å².